The van der Waals surface area contributed by atoms with Gasteiger partial charge in [0.1, 0.15) is 0 Å². The lowest BCUT2D eigenvalue weighted by Gasteiger charge is -2.34. The number of aromatic nitrogens is 2. The Hall–Kier alpha value is -2.43. The lowest BCUT2D eigenvalue weighted by molar-refractivity contribution is -0.138. The van der Waals surface area contributed by atoms with Crippen molar-refractivity contribution < 1.29 is 22.8 Å². The molecule has 1 aromatic heterocycles. The maximum atomic E-state index is 12.6. The van der Waals surface area contributed by atoms with E-state index in [9.17, 15) is 18.0 Å². The molecule has 1 atom stereocenters. The monoisotopic (exact) mass is 386 g/mol. The van der Waals surface area contributed by atoms with Gasteiger partial charge in [-0.1, -0.05) is 5.16 Å². The molecule has 2 N–H and O–H groups in total. The molecule has 0 aromatic carbocycles. The number of piperazine rings is 1. The van der Waals surface area contributed by atoms with E-state index in [4.69, 9.17) is 10.6 Å². The van der Waals surface area contributed by atoms with Crippen LogP contribution in [0.25, 0.3) is 0 Å². The summed E-state index contributed by atoms with van der Waals surface area (Å²) < 4.78 is 37.7. The highest BCUT2D eigenvalue weighted by molar-refractivity contribution is 5.90. The molecular weight excluding hydrogens is 365 g/mol. The molecule has 1 amide bonds. The van der Waals surface area contributed by atoms with E-state index in [-0.39, 0.29) is 24.5 Å². The molecule has 2 heterocycles. The summed E-state index contributed by atoms with van der Waals surface area (Å²) in [5.74, 6) is 0.0203. The minimum absolute atomic E-state index is 0.0904. The Morgan fingerprint density at radius 1 is 1.26 bits per heavy atom. The van der Waals surface area contributed by atoms with Crippen molar-refractivity contribution in [2.75, 3.05) is 37.7 Å². The number of amides is 1. The summed E-state index contributed by atoms with van der Waals surface area (Å²) in [4.78, 5) is 28.2. The molecule has 11 heteroatoms. The van der Waals surface area contributed by atoms with Crippen molar-refractivity contribution in [1.29, 1.82) is 0 Å². The summed E-state index contributed by atoms with van der Waals surface area (Å²) in [6.07, 6.45) is -0.285. The van der Waals surface area contributed by atoms with E-state index in [2.05, 4.69) is 15.1 Å². The topological polar surface area (TPSA) is 96.9 Å². The van der Waals surface area contributed by atoms with Gasteiger partial charge in [0, 0.05) is 44.6 Å². The number of carbonyl (C=O) groups excluding carboxylic acids is 1. The van der Waals surface area contributed by atoms with Crippen molar-refractivity contribution in [3.05, 3.63) is 18.0 Å². The first kappa shape index (κ1) is 19.3. The van der Waals surface area contributed by atoms with E-state index in [0.717, 1.165) is 37.4 Å². The Kier molecular flexibility index (Phi) is 5.78. The summed E-state index contributed by atoms with van der Waals surface area (Å²) in [5, 5.41) is 3.95. The molecule has 0 unspecified atom stereocenters. The number of hydrogen-bond donors (Lipinski definition) is 1. The third-order valence-electron chi connectivity index (χ3n) is 4.63. The molecule has 0 spiro atoms. The Bertz CT molecular complexity index is 686. The minimum atomic E-state index is -4.46. The summed E-state index contributed by atoms with van der Waals surface area (Å²) in [6.45, 7) is 1.51. The zero-order valence-electron chi connectivity index (χ0n) is 14.7. The zero-order chi connectivity index (χ0) is 19.4. The summed E-state index contributed by atoms with van der Waals surface area (Å²) >= 11 is 0. The number of anilines is 1. The van der Waals surface area contributed by atoms with Gasteiger partial charge in [-0.15, -0.1) is 0 Å². The van der Waals surface area contributed by atoms with Crippen LogP contribution in [-0.4, -0.2) is 65.3 Å². The van der Waals surface area contributed by atoms with Crippen molar-refractivity contribution in [2.24, 2.45) is 10.9 Å². The molecule has 27 heavy (non-hydrogen) atoms. The van der Waals surface area contributed by atoms with E-state index in [1.165, 1.54) is 0 Å². The highest BCUT2D eigenvalue weighted by Crippen LogP contribution is 2.28. The Labute approximate surface area is 154 Å². The predicted octanol–water partition coefficient (Wildman–Crippen LogP) is 1.03. The number of rotatable bonds is 4. The number of nitrogens with zero attached hydrogens (tertiary/aromatic N) is 5. The number of halogens is 3. The first-order chi connectivity index (χ1) is 12.8. The molecule has 2 aliphatic rings. The Morgan fingerprint density at radius 3 is 2.48 bits per heavy atom. The second-order valence-electron chi connectivity index (χ2n) is 6.49. The molecule has 1 saturated carbocycles. The van der Waals surface area contributed by atoms with Gasteiger partial charge < -0.3 is 20.4 Å². The third-order valence-corrected chi connectivity index (χ3v) is 4.63. The highest BCUT2D eigenvalue weighted by Gasteiger charge is 2.32. The molecule has 2 fully saturated rings. The summed E-state index contributed by atoms with van der Waals surface area (Å²) in [7, 11) is 0. The van der Waals surface area contributed by atoms with Crippen LogP contribution in [0.1, 0.15) is 24.8 Å². The number of oxime groups is 1. The van der Waals surface area contributed by atoms with Crippen LogP contribution in [-0.2, 0) is 15.8 Å². The lowest BCUT2D eigenvalue weighted by atomic mass is 10.2. The van der Waals surface area contributed by atoms with Crippen molar-refractivity contribution in [2.45, 2.75) is 31.5 Å². The van der Waals surface area contributed by atoms with Gasteiger partial charge in [0.15, 0.2) is 6.61 Å². The van der Waals surface area contributed by atoms with Crippen LogP contribution in [0.5, 0.6) is 0 Å². The van der Waals surface area contributed by atoms with Gasteiger partial charge >= 0.3 is 6.18 Å². The van der Waals surface area contributed by atoms with Crippen LogP contribution in [0.3, 0.4) is 0 Å². The van der Waals surface area contributed by atoms with Crippen LogP contribution < -0.4 is 10.6 Å². The SMILES string of the molecule is N[C@H]1CCC/C1=N\OCC(=O)N1CCN(c2ncc(C(F)(F)F)cn2)CC1. The molecule has 148 valence electrons. The van der Waals surface area contributed by atoms with E-state index in [1.54, 1.807) is 9.80 Å². The number of alkyl halides is 3. The first-order valence-corrected chi connectivity index (χ1v) is 8.71. The standard InChI is InChI=1S/C16H21F3N6O2/c17-16(18,19)11-8-21-15(22-9-11)25-6-4-24(5-7-25)14(26)10-27-23-13-3-1-2-12(13)20/h8-9,12H,1-7,10,20H2/b23-13+/t12-/m0/s1. The smallest absolute Gasteiger partial charge is 0.386 e. The number of carbonyl (C=O) groups is 1. The van der Waals surface area contributed by atoms with Crippen LogP contribution in [0.2, 0.25) is 0 Å². The Morgan fingerprint density at radius 2 is 1.93 bits per heavy atom. The summed E-state index contributed by atoms with van der Waals surface area (Å²) in [6, 6.07) is -0.0904. The molecule has 1 aliphatic heterocycles. The second-order valence-corrected chi connectivity index (χ2v) is 6.49. The van der Waals surface area contributed by atoms with Crippen LogP contribution >= 0.6 is 0 Å². The van der Waals surface area contributed by atoms with Crippen LogP contribution in [0, 0.1) is 0 Å². The lowest BCUT2D eigenvalue weighted by Crippen LogP contribution is -2.50. The number of hydrogen-bond acceptors (Lipinski definition) is 7. The molecule has 1 saturated heterocycles. The maximum absolute atomic E-state index is 12.6. The second kappa shape index (κ2) is 8.07. The van der Waals surface area contributed by atoms with Gasteiger partial charge in [-0.3, -0.25) is 4.79 Å². The van der Waals surface area contributed by atoms with E-state index in [0.29, 0.717) is 26.2 Å². The predicted molar refractivity (Wildman–Crippen MR) is 91.0 cm³/mol. The van der Waals surface area contributed by atoms with E-state index < -0.39 is 11.7 Å². The Balaban J connectivity index is 1.46. The van der Waals surface area contributed by atoms with Gasteiger partial charge in [-0.2, -0.15) is 13.2 Å². The molecule has 1 aliphatic carbocycles. The molecule has 8 nitrogen and oxygen atoms in total. The average Bonchev–Trinajstić information content (AvgIpc) is 3.06. The number of nitrogens with two attached hydrogens (primary N) is 1. The fourth-order valence-electron chi connectivity index (χ4n) is 3.02. The van der Waals surface area contributed by atoms with Gasteiger partial charge in [0.25, 0.3) is 5.91 Å². The van der Waals surface area contributed by atoms with Crippen molar-refractivity contribution in [3.63, 3.8) is 0 Å². The van der Waals surface area contributed by atoms with Gasteiger partial charge in [0.05, 0.1) is 11.3 Å². The first-order valence-electron chi connectivity index (χ1n) is 8.71. The van der Waals surface area contributed by atoms with Crippen molar-refractivity contribution in [3.8, 4) is 0 Å². The third kappa shape index (κ3) is 4.85. The fraction of sp³-hybridized carbons (Fsp3) is 0.625. The van der Waals surface area contributed by atoms with E-state index >= 15 is 0 Å². The van der Waals surface area contributed by atoms with Gasteiger partial charge in [-0.05, 0) is 19.3 Å². The van der Waals surface area contributed by atoms with Crippen LogP contribution in [0.4, 0.5) is 19.1 Å². The summed E-state index contributed by atoms with van der Waals surface area (Å²) in [5.41, 5.74) is 5.75. The molecule has 0 radical (unpaired) electrons. The molecule has 1 aromatic rings. The van der Waals surface area contributed by atoms with Crippen molar-refractivity contribution in [1.82, 2.24) is 14.9 Å². The fourth-order valence-corrected chi connectivity index (χ4v) is 3.02. The normalized spacial score (nSPS) is 22.4. The van der Waals surface area contributed by atoms with Gasteiger partial charge in [0.2, 0.25) is 5.95 Å². The highest BCUT2D eigenvalue weighted by atomic mass is 19.4. The van der Waals surface area contributed by atoms with Crippen LogP contribution in [0.15, 0.2) is 17.5 Å². The zero-order valence-corrected chi connectivity index (χ0v) is 14.7. The van der Waals surface area contributed by atoms with E-state index in [1.807, 2.05) is 0 Å². The molecular formula is C16H21F3N6O2. The molecule has 3 rings (SSSR count). The average molecular weight is 386 g/mol. The molecule has 0 bridgehead atoms. The van der Waals surface area contributed by atoms with Gasteiger partial charge in [-0.25, -0.2) is 9.97 Å². The maximum Gasteiger partial charge on any atom is 0.419 e. The largest absolute Gasteiger partial charge is 0.419 e. The quantitative estimate of drug-likeness (QED) is 0.777. The minimum Gasteiger partial charge on any atom is -0.386 e. The van der Waals surface area contributed by atoms with Crippen molar-refractivity contribution >= 4 is 17.6 Å².